The lowest BCUT2D eigenvalue weighted by Crippen LogP contribution is -2.26. The van der Waals surface area contributed by atoms with Crippen LogP contribution in [0.5, 0.6) is 0 Å². The van der Waals surface area contributed by atoms with Crippen LogP contribution in [-0.4, -0.2) is 36.1 Å². The Hall–Kier alpha value is -1.36. The highest BCUT2D eigenvalue weighted by molar-refractivity contribution is 5.49. The molecule has 0 aromatic carbocycles. The van der Waals surface area contributed by atoms with Gasteiger partial charge in [-0.25, -0.2) is 9.97 Å². The molecular formula is C13H25N5. The number of hydrogen-bond acceptors (Lipinski definition) is 5. The van der Waals surface area contributed by atoms with Gasteiger partial charge in [-0.05, 0) is 20.3 Å². The number of nitrogens with zero attached hydrogens (tertiary/aromatic N) is 3. The lowest BCUT2D eigenvalue weighted by atomic mass is 10.3. The first-order valence-electron chi connectivity index (χ1n) is 6.60. The van der Waals surface area contributed by atoms with Crippen LogP contribution in [0.3, 0.4) is 0 Å². The van der Waals surface area contributed by atoms with Crippen molar-refractivity contribution in [2.24, 2.45) is 5.73 Å². The number of aryl methyl sites for hydroxylation is 1. The summed E-state index contributed by atoms with van der Waals surface area (Å²) in [5.41, 5.74) is 5.61. The Morgan fingerprint density at radius 2 is 2.17 bits per heavy atom. The second-order valence-electron chi connectivity index (χ2n) is 4.71. The van der Waals surface area contributed by atoms with Crippen LogP contribution in [-0.2, 0) is 0 Å². The van der Waals surface area contributed by atoms with Gasteiger partial charge in [0.25, 0.3) is 0 Å². The van der Waals surface area contributed by atoms with Crippen LogP contribution >= 0.6 is 0 Å². The molecule has 5 heteroatoms. The second-order valence-corrected chi connectivity index (χ2v) is 4.71. The van der Waals surface area contributed by atoms with E-state index in [0.717, 1.165) is 24.0 Å². The topological polar surface area (TPSA) is 67.1 Å². The molecule has 0 aliphatic carbocycles. The number of unbranched alkanes of at least 4 members (excludes halogenated alkanes) is 1. The van der Waals surface area contributed by atoms with E-state index in [1.54, 1.807) is 0 Å². The number of nitrogens with two attached hydrogens (primary N) is 1. The van der Waals surface area contributed by atoms with Gasteiger partial charge in [0.2, 0.25) is 0 Å². The highest BCUT2D eigenvalue weighted by Crippen LogP contribution is 2.15. The molecule has 0 aliphatic heterocycles. The predicted molar refractivity (Wildman–Crippen MR) is 77.1 cm³/mol. The van der Waals surface area contributed by atoms with Crippen molar-refractivity contribution >= 4 is 11.6 Å². The maximum absolute atomic E-state index is 5.61. The minimum Gasteiger partial charge on any atom is -0.366 e. The predicted octanol–water partition coefficient (Wildman–Crippen LogP) is 1.78. The summed E-state index contributed by atoms with van der Waals surface area (Å²) in [4.78, 5) is 11.0. The molecule has 0 amide bonds. The van der Waals surface area contributed by atoms with Gasteiger partial charge in [-0.2, -0.15) is 0 Å². The van der Waals surface area contributed by atoms with E-state index < -0.39 is 0 Å². The van der Waals surface area contributed by atoms with Gasteiger partial charge in [0.05, 0.1) is 0 Å². The average molecular weight is 251 g/mol. The van der Waals surface area contributed by atoms with Crippen LogP contribution in [0.2, 0.25) is 0 Å². The maximum atomic E-state index is 5.61. The van der Waals surface area contributed by atoms with Gasteiger partial charge in [-0.1, -0.05) is 13.3 Å². The van der Waals surface area contributed by atoms with E-state index in [9.17, 15) is 0 Å². The fourth-order valence-corrected chi connectivity index (χ4v) is 1.64. The molecule has 3 N–H and O–H groups in total. The summed E-state index contributed by atoms with van der Waals surface area (Å²) in [5.74, 6) is 2.59. The van der Waals surface area contributed by atoms with Crippen LogP contribution in [0, 0.1) is 6.92 Å². The third-order valence-corrected chi connectivity index (χ3v) is 2.81. The third kappa shape index (κ3) is 4.49. The highest BCUT2D eigenvalue weighted by Gasteiger charge is 2.07. The summed E-state index contributed by atoms with van der Waals surface area (Å²) in [7, 11) is 2.06. The minimum absolute atomic E-state index is 0.216. The molecule has 102 valence electrons. The first-order chi connectivity index (χ1) is 8.56. The summed E-state index contributed by atoms with van der Waals surface area (Å²) in [6.07, 6.45) is 2.35. The Labute approximate surface area is 110 Å². The molecule has 1 rings (SSSR count). The molecule has 1 heterocycles. The van der Waals surface area contributed by atoms with Crippen molar-refractivity contribution in [1.82, 2.24) is 9.97 Å². The molecule has 5 nitrogen and oxygen atoms in total. The van der Waals surface area contributed by atoms with E-state index >= 15 is 0 Å². The quantitative estimate of drug-likeness (QED) is 0.773. The van der Waals surface area contributed by atoms with Gasteiger partial charge in [-0.15, -0.1) is 0 Å². The SMILES string of the molecule is CCCCN(C)c1cc(NC(C)CN)nc(C)n1. The zero-order valence-electron chi connectivity index (χ0n) is 11.9. The van der Waals surface area contributed by atoms with E-state index in [1.807, 2.05) is 19.9 Å². The van der Waals surface area contributed by atoms with Gasteiger partial charge < -0.3 is 16.0 Å². The first-order valence-corrected chi connectivity index (χ1v) is 6.60. The molecule has 18 heavy (non-hydrogen) atoms. The third-order valence-electron chi connectivity index (χ3n) is 2.81. The molecule has 1 aromatic rings. The Kier molecular flexibility index (Phi) is 5.85. The molecule has 0 spiro atoms. The van der Waals surface area contributed by atoms with Crippen LogP contribution in [0.4, 0.5) is 11.6 Å². The number of anilines is 2. The summed E-state index contributed by atoms with van der Waals surface area (Å²) < 4.78 is 0. The molecule has 0 radical (unpaired) electrons. The summed E-state index contributed by atoms with van der Waals surface area (Å²) in [5, 5.41) is 3.28. The Morgan fingerprint density at radius 3 is 2.78 bits per heavy atom. The van der Waals surface area contributed by atoms with E-state index in [2.05, 4.69) is 34.2 Å². The summed E-state index contributed by atoms with van der Waals surface area (Å²) >= 11 is 0. The lowest BCUT2D eigenvalue weighted by molar-refractivity contribution is 0.754. The Balaban J connectivity index is 2.79. The zero-order valence-corrected chi connectivity index (χ0v) is 11.9. The van der Waals surface area contributed by atoms with Gasteiger partial charge >= 0.3 is 0 Å². The number of aromatic nitrogens is 2. The van der Waals surface area contributed by atoms with E-state index in [4.69, 9.17) is 5.73 Å². The Morgan fingerprint density at radius 1 is 1.44 bits per heavy atom. The normalized spacial score (nSPS) is 12.3. The zero-order chi connectivity index (χ0) is 13.5. The largest absolute Gasteiger partial charge is 0.366 e. The molecule has 1 unspecified atom stereocenters. The van der Waals surface area contributed by atoms with Crippen molar-refractivity contribution in [3.8, 4) is 0 Å². The Bertz CT molecular complexity index is 366. The van der Waals surface area contributed by atoms with Crippen molar-refractivity contribution in [2.45, 2.75) is 39.7 Å². The van der Waals surface area contributed by atoms with Gasteiger partial charge in [0, 0.05) is 32.2 Å². The van der Waals surface area contributed by atoms with Crippen LogP contribution in [0.15, 0.2) is 6.07 Å². The molecule has 0 aliphatic rings. The monoisotopic (exact) mass is 251 g/mol. The fraction of sp³-hybridized carbons (Fsp3) is 0.692. The average Bonchev–Trinajstić information content (AvgIpc) is 2.34. The van der Waals surface area contributed by atoms with Crippen molar-refractivity contribution < 1.29 is 0 Å². The van der Waals surface area contributed by atoms with Crippen molar-refractivity contribution in [1.29, 1.82) is 0 Å². The van der Waals surface area contributed by atoms with Crippen molar-refractivity contribution in [2.75, 3.05) is 30.4 Å². The smallest absolute Gasteiger partial charge is 0.134 e. The lowest BCUT2D eigenvalue weighted by Gasteiger charge is -2.20. The number of hydrogen-bond donors (Lipinski definition) is 2. The van der Waals surface area contributed by atoms with E-state index in [0.29, 0.717) is 6.54 Å². The fourth-order valence-electron chi connectivity index (χ4n) is 1.64. The summed E-state index contributed by atoms with van der Waals surface area (Å²) in [6.45, 7) is 7.74. The molecule has 0 bridgehead atoms. The standard InChI is InChI=1S/C13H25N5/c1-5-6-7-18(4)13-8-12(15-10(2)9-14)16-11(3)17-13/h8,10H,5-7,9,14H2,1-4H3,(H,15,16,17). The van der Waals surface area contributed by atoms with Crippen molar-refractivity contribution in [3.05, 3.63) is 11.9 Å². The number of rotatable bonds is 7. The van der Waals surface area contributed by atoms with Crippen LogP contribution in [0.25, 0.3) is 0 Å². The molecular weight excluding hydrogens is 226 g/mol. The maximum Gasteiger partial charge on any atom is 0.134 e. The molecule has 0 fully saturated rings. The molecule has 0 saturated heterocycles. The van der Waals surface area contributed by atoms with Crippen molar-refractivity contribution in [3.63, 3.8) is 0 Å². The van der Waals surface area contributed by atoms with Gasteiger partial charge in [0.1, 0.15) is 17.5 Å². The molecule has 1 aromatic heterocycles. The molecule has 1 atom stereocenters. The van der Waals surface area contributed by atoms with Gasteiger partial charge in [-0.3, -0.25) is 0 Å². The van der Waals surface area contributed by atoms with Crippen LogP contribution in [0.1, 0.15) is 32.5 Å². The summed E-state index contributed by atoms with van der Waals surface area (Å²) in [6, 6.07) is 2.20. The number of nitrogens with one attached hydrogen (secondary N) is 1. The minimum atomic E-state index is 0.216. The molecule has 0 saturated carbocycles. The van der Waals surface area contributed by atoms with Gasteiger partial charge in [0.15, 0.2) is 0 Å². The van der Waals surface area contributed by atoms with E-state index in [-0.39, 0.29) is 6.04 Å². The first kappa shape index (κ1) is 14.7. The van der Waals surface area contributed by atoms with E-state index in [1.165, 1.54) is 12.8 Å². The second kappa shape index (κ2) is 7.16. The highest BCUT2D eigenvalue weighted by atomic mass is 15.2. The van der Waals surface area contributed by atoms with Crippen LogP contribution < -0.4 is 16.0 Å².